The summed E-state index contributed by atoms with van der Waals surface area (Å²) < 4.78 is 26.7. The van der Waals surface area contributed by atoms with E-state index >= 15 is 0 Å². The van der Waals surface area contributed by atoms with Crippen LogP contribution in [0.15, 0.2) is 6.07 Å². The lowest BCUT2D eigenvalue weighted by atomic mass is 10.5. The molecule has 0 aliphatic rings. The van der Waals surface area contributed by atoms with Crippen molar-refractivity contribution in [1.82, 2.24) is 9.78 Å². The Morgan fingerprint density at radius 2 is 2.33 bits per heavy atom. The van der Waals surface area contributed by atoms with Crippen molar-refractivity contribution in [3.8, 4) is 0 Å². The van der Waals surface area contributed by atoms with Gasteiger partial charge in [-0.1, -0.05) is 12.2 Å². The molecular weight excluding hydrogens is 236 g/mol. The predicted octanol–water partition coefficient (Wildman–Crippen LogP) is -0.244. The van der Waals surface area contributed by atoms with Crippen LogP contribution in [0.3, 0.4) is 0 Å². The van der Waals surface area contributed by atoms with Gasteiger partial charge >= 0.3 is 0 Å². The maximum absolute atomic E-state index is 11.5. The summed E-state index contributed by atoms with van der Waals surface area (Å²) in [5.41, 5.74) is 5.89. The third-order valence-electron chi connectivity index (χ3n) is 1.59. The Balaban J connectivity index is 2.86. The molecule has 6 nitrogen and oxygen atoms in total. The average Bonchev–Trinajstić information content (AvgIpc) is 2.25. The molecule has 0 aromatic carbocycles. The van der Waals surface area contributed by atoms with Crippen LogP contribution in [-0.4, -0.2) is 28.9 Å². The van der Waals surface area contributed by atoms with Crippen LogP contribution in [0.1, 0.15) is 5.69 Å². The molecule has 3 N–H and O–H groups in total. The maximum atomic E-state index is 11.5. The summed E-state index contributed by atoms with van der Waals surface area (Å²) >= 11 is 4.53. The van der Waals surface area contributed by atoms with Crippen molar-refractivity contribution >= 4 is 33.0 Å². The van der Waals surface area contributed by atoms with Crippen LogP contribution in [-0.2, 0) is 17.1 Å². The van der Waals surface area contributed by atoms with Crippen molar-refractivity contribution in [2.45, 2.75) is 6.92 Å². The van der Waals surface area contributed by atoms with Crippen LogP contribution >= 0.6 is 12.2 Å². The first kappa shape index (κ1) is 11.9. The fourth-order valence-corrected chi connectivity index (χ4v) is 2.51. The highest BCUT2D eigenvalue weighted by atomic mass is 32.2. The summed E-state index contributed by atoms with van der Waals surface area (Å²) in [5.74, 6) is 0.0239. The molecule has 0 bridgehead atoms. The van der Waals surface area contributed by atoms with Gasteiger partial charge in [0.05, 0.1) is 10.7 Å². The second kappa shape index (κ2) is 4.15. The number of anilines is 1. The Labute approximate surface area is 93.5 Å². The molecule has 0 aliphatic heterocycles. The van der Waals surface area contributed by atoms with E-state index in [0.29, 0.717) is 5.82 Å². The van der Waals surface area contributed by atoms with E-state index < -0.39 is 10.0 Å². The van der Waals surface area contributed by atoms with E-state index in [4.69, 9.17) is 5.73 Å². The first-order chi connectivity index (χ1) is 6.80. The molecule has 1 aromatic heterocycles. The fourth-order valence-electron chi connectivity index (χ4n) is 1.09. The molecule has 0 fully saturated rings. The molecule has 0 aliphatic carbocycles. The van der Waals surface area contributed by atoms with E-state index in [-0.39, 0.29) is 10.7 Å². The standard InChI is InChI=1S/C7H12N4O2S2/c1-5-3-7(11(2)9-5)10-15(12,13)4-6(8)14/h3,10H,4H2,1-2H3,(H2,8,14). The zero-order valence-electron chi connectivity index (χ0n) is 8.39. The second-order valence-corrected chi connectivity index (χ2v) is 5.37. The lowest BCUT2D eigenvalue weighted by Crippen LogP contribution is -2.27. The lowest BCUT2D eigenvalue weighted by Gasteiger charge is -2.06. The van der Waals surface area contributed by atoms with Gasteiger partial charge in [-0.2, -0.15) is 5.10 Å². The van der Waals surface area contributed by atoms with E-state index in [1.165, 1.54) is 4.68 Å². The Hall–Kier alpha value is -1.15. The summed E-state index contributed by atoms with van der Waals surface area (Å²) in [6.45, 7) is 1.77. The molecule has 0 spiro atoms. The summed E-state index contributed by atoms with van der Waals surface area (Å²) in [6.07, 6.45) is 0. The molecule has 0 radical (unpaired) electrons. The van der Waals surface area contributed by atoms with Gasteiger partial charge in [0, 0.05) is 13.1 Å². The van der Waals surface area contributed by atoms with E-state index in [0.717, 1.165) is 5.69 Å². The minimum absolute atomic E-state index is 0.0682. The van der Waals surface area contributed by atoms with Gasteiger partial charge < -0.3 is 5.73 Å². The lowest BCUT2D eigenvalue weighted by molar-refractivity contribution is 0.604. The minimum atomic E-state index is -3.52. The number of aromatic nitrogens is 2. The summed E-state index contributed by atoms with van der Waals surface area (Å²) in [4.78, 5) is -0.0682. The van der Waals surface area contributed by atoms with Crippen molar-refractivity contribution in [2.75, 3.05) is 10.5 Å². The average molecular weight is 248 g/mol. The molecule has 1 aromatic rings. The molecule has 0 amide bonds. The monoisotopic (exact) mass is 248 g/mol. The van der Waals surface area contributed by atoms with Crippen LogP contribution in [0.2, 0.25) is 0 Å². The van der Waals surface area contributed by atoms with Crippen molar-refractivity contribution < 1.29 is 8.42 Å². The Morgan fingerprint density at radius 3 is 2.73 bits per heavy atom. The van der Waals surface area contributed by atoms with Gasteiger partial charge in [-0.3, -0.25) is 9.40 Å². The molecule has 0 atom stereocenters. The largest absolute Gasteiger partial charge is 0.392 e. The molecule has 0 saturated heterocycles. The van der Waals surface area contributed by atoms with Crippen LogP contribution in [0.25, 0.3) is 0 Å². The Kier molecular flexibility index (Phi) is 3.30. The molecule has 0 saturated carbocycles. The number of nitrogens with one attached hydrogen (secondary N) is 1. The summed E-state index contributed by atoms with van der Waals surface area (Å²) in [6, 6.07) is 1.62. The molecule has 15 heavy (non-hydrogen) atoms. The molecular formula is C7H12N4O2S2. The van der Waals surface area contributed by atoms with Crippen molar-refractivity contribution in [3.05, 3.63) is 11.8 Å². The van der Waals surface area contributed by atoms with E-state index in [1.807, 2.05) is 0 Å². The molecule has 84 valence electrons. The summed E-state index contributed by atoms with van der Waals surface area (Å²) in [7, 11) is -1.88. The third kappa shape index (κ3) is 3.48. The van der Waals surface area contributed by atoms with Gasteiger partial charge in [0.1, 0.15) is 11.6 Å². The van der Waals surface area contributed by atoms with Gasteiger partial charge in [-0.25, -0.2) is 8.42 Å². The molecule has 1 rings (SSSR count). The number of hydrogen-bond acceptors (Lipinski definition) is 4. The van der Waals surface area contributed by atoms with Crippen LogP contribution in [0, 0.1) is 6.92 Å². The maximum Gasteiger partial charge on any atom is 0.240 e. The Morgan fingerprint density at radius 1 is 1.73 bits per heavy atom. The first-order valence-electron chi connectivity index (χ1n) is 4.09. The van der Waals surface area contributed by atoms with Crippen molar-refractivity contribution in [3.63, 3.8) is 0 Å². The molecule has 1 heterocycles. The highest BCUT2D eigenvalue weighted by Crippen LogP contribution is 2.09. The van der Waals surface area contributed by atoms with Crippen LogP contribution in [0.4, 0.5) is 5.82 Å². The number of thiocarbonyl (C=S) groups is 1. The first-order valence-corrected chi connectivity index (χ1v) is 6.15. The number of aryl methyl sites for hydroxylation is 2. The molecule has 0 unspecified atom stereocenters. The van der Waals surface area contributed by atoms with Gasteiger partial charge in [0.25, 0.3) is 0 Å². The predicted molar refractivity (Wildman–Crippen MR) is 62.1 cm³/mol. The second-order valence-electron chi connectivity index (χ2n) is 3.12. The highest BCUT2D eigenvalue weighted by molar-refractivity contribution is 7.95. The number of hydrogen-bond donors (Lipinski definition) is 2. The van der Waals surface area contributed by atoms with Gasteiger partial charge in [0.15, 0.2) is 0 Å². The van der Waals surface area contributed by atoms with Crippen LogP contribution < -0.4 is 10.5 Å². The fraction of sp³-hybridized carbons (Fsp3) is 0.429. The normalized spacial score (nSPS) is 11.3. The van der Waals surface area contributed by atoms with Gasteiger partial charge in [-0.15, -0.1) is 0 Å². The number of nitrogens with two attached hydrogens (primary N) is 1. The zero-order chi connectivity index (χ0) is 11.6. The zero-order valence-corrected chi connectivity index (χ0v) is 10.0. The smallest absolute Gasteiger partial charge is 0.240 e. The topological polar surface area (TPSA) is 90.0 Å². The minimum Gasteiger partial charge on any atom is -0.392 e. The quantitative estimate of drug-likeness (QED) is 0.718. The van der Waals surface area contributed by atoms with E-state index in [2.05, 4.69) is 22.0 Å². The summed E-state index contributed by atoms with van der Waals surface area (Å²) in [5, 5.41) is 4.00. The Bertz CT molecular complexity index is 477. The number of nitrogens with zero attached hydrogens (tertiary/aromatic N) is 2. The number of rotatable bonds is 4. The van der Waals surface area contributed by atoms with Crippen LogP contribution in [0.5, 0.6) is 0 Å². The van der Waals surface area contributed by atoms with Crippen molar-refractivity contribution in [2.24, 2.45) is 12.8 Å². The van der Waals surface area contributed by atoms with E-state index in [9.17, 15) is 8.42 Å². The SMILES string of the molecule is Cc1cc(NS(=O)(=O)CC(N)=S)n(C)n1. The van der Waals surface area contributed by atoms with Gasteiger partial charge in [0.2, 0.25) is 10.0 Å². The third-order valence-corrected chi connectivity index (χ3v) is 3.13. The number of sulfonamides is 1. The van der Waals surface area contributed by atoms with Crippen molar-refractivity contribution in [1.29, 1.82) is 0 Å². The van der Waals surface area contributed by atoms with E-state index in [1.54, 1.807) is 20.0 Å². The highest BCUT2D eigenvalue weighted by Gasteiger charge is 2.14. The molecule has 8 heteroatoms. The van der Waals surface area contributed by atoms with Gasteiger partial charge in [-0.05, 0) is 6.92 Å².